The van der Waals surface area contributed by atoms with Gasteiger partial charge in [-0.15, -0.1) is 0 Å². The molecule has 0 fully saturated rings. The number of carbonyl (C=O) groups excluding carboxylic acids is 1. The third-order valence-corrected chi connectivity index (χ3v) is 4.59. The summed E-state index contributed by atoms with van der Waals surface area (Å²) in [6.07, 6.45) is 0. The smallest absolute Gasteiger partial charge is 0.279 e. The quantitative estimate of drug-likeness (QED) is 0.801. The van der Waals surface area contributed by atoms with Crippen molar-refractivity contribution in [2.24, 2.45) is 5.92 Å². The average molecular weight is 350 g/mol. The standard InChI is InChI=1S/C22H27N3O/c1-15(2)17-9-11-18(12-10-17)22(16(3)4)24-14-21(26)25-20-8-6-5-7-19(20)13-23/h5-12,15-16,22,24H,14H2,1-4H3,(H,25,26)/p+1/t22-/m0/s1. The zero-order valence-electron chi connectivity index (χ0n) is 16.0. The van der Waals surface area contributed by atoms with Crippen LogP contribution in [0.4, 0.5) is 5.69 Å². The topological polar surface area (TPSA) is 69.5 Å². The van der Waals surface area contributed by atoms with E-state index in [0.29, 0.717) is 29.6 Å². The predicted molar refractivity (Wildman–Crippen MR) is 105 cm³/mol. The Labute approximate surface area is 156 Å². The summed E-state index contributed by atoms with van der Waals surface area (Å²) in [6.45, 7) is 9.02. The number of nitrogens with zero attached hydrogens (tertiary/aromatic N) is 1. The van der Waals surface area contributed by atoms with Crippen LogP contribution < -0.4 is 10.6 Å². The highest BCUT2D eigenvalue weighted by Crippen LogP contribution is 2.21. The lowest BCUT2D eigenvalue weighted by molar-refractivity contribution is -0.692. The molecule has 0 aromatic heterocycles. The SMILES string of the molecule is CC(C)c1ccc([C@@H]([NH2+]CC(=O)Nc2ccccc2C#N)C(C)C)cc1. The molecule has 26 heavy (non-hydrogen) atoms. The molecule has 2 aromatic carbocycles. The third-order valence-electron chi connectivity index (χ3n) is 4.59. The van der Waals surface area contributed by atoms with Gasteiger partial charge < -0.3 is 10.6 Å². The number of carbonyl (C=O) groups is 1. The minimum Gasteiger partial charge on any atom is -0.332 e. The minimum absolute atomic E-state index is 0.0999. The molecule has 0 saturated heterocycles. The molecule has 4 nitrogen and oxygen atoms in total. The van der Waals surface area contributed by atoms with Gasteiger partial charge in [0.2, 0.25) is 0 Å². The van der Waals surface area contributed by atoms with Gasteiger partial charge in [0.25, 0.3) is 5.91 Å². The first-order valence-electron chi connectivity index (χ1n) is 9.14. The lowest BCUT2D eigenvalue weighted by atomic mass is 9.93. The molecular formula is C22H28N3O+. The van der Waals surface area contributed by atoms with Crippen molar-refractivity contribution >= 4 is 11.6 Å². The Bertz CT molecular complexity index is 773. The van der Waals surface area contributed by atoms with E-state index in [1.165, 1.54) is 11.1 Å². The van der Waals surface area contributed by atoms with E-state index in [9.17, 15) is 4.79 Å². The van der Waals surface area contributed by atoms with Crippen molar-refractivity contribution in [2.45, 2.75) is 39.7 Å². The highest BCUT2D eigenvalue weighted by molar-refractivity contribution is 5.92. The molecule has 0 bridgehead atoms. The van der Waals surface area contributed by atoms with Crippen LogP contribution in [-0.2, 0) is 4.79 Å². The zero-order valence-corrected chi connectivity index (χ0v) is 16.0. The van der Waals surface area contributed by atoms with Gasteiger partial charge in [0.1, 0.15) is 12.1 Å². The van der Waals surface area contributed by atoms with Crippen LogP contribution >= 0.6 is 0 Å². The number of anilines is 1. The molecule has 0 radical (unpaired) electrons. The van der Waals surface area contributed by atoms with Gasteiger partial charge in [-0.1, -0.05) is 64.1 Å². The van der Waals surface area contributed by atoms with Gasteiger partial charge in [0.15, 0.2) is 6.54 Å². The van der Waals surface area contributed by atoms with E-state index < -0.39 is 0 Å². The molecule has 0 aliphatic carbocycles. The Morgan fingerprint density at radius 3 is 2.23 bits per heavy atom. The average Bonchev–Trinajstić information content (AvgIpc) is 2.62. The predicted octanol–water partition coefficient (Wildman–Crippen LogP) is 3.58. The van der Waals surface area contributed by atoms with Gasteiger partial charge >= 0.3 is 0 Å². The van der Waals surface area contributed by atoms with E-state index in [0.717, 1.165) is 0 Å². The number of quaternary nitrogens is 1. The van der Waals surface area contributed by atoms with E-state index in [1.807, 2.05) is 6.07 Å². The van der Waals surface area contributed by atoms with Crippen molar-refractivity contribution in [3.05, 3.63) is 65.2 Å². The molecule has 2 aromatic rings. The maximum atomic E-state index is 12.3. The van der Waals surface area contributed by atoms with Crippen molar-refractivity contribution in [2.75, 3.05) is 11.9 Å². The molecule has 0 aliphatic rings. The van der Waals surface area contributed by atoms with Gasteiger partial charge in [0.05, 0.1) is 11.3 Å². The van der Waals surface area contributed by atoms with Gasteiger partial charge in [-0.25, -0.2) is 0 Å². The minimum atomic E-state index is -0.0999. The van der Waals surface area contributed by atoms with Crippen LogP contribution in [0.5, 0.6) is 0 Å². The summed E-state index contributed by atoms with van der Waals surface area (Å²) in [4.78, 5) is 12.3. The summed E-state index contributed by atoms with van der Waals surface area (Å²) in [7, 11) is 0. The molecule has 0 aliphatic heterocycles. The largest absolute Gasteiger partial charge is 0.332 e. The second-order valence-corrected chi connectivity index (χ2v) is 7.24. The number of nitrogens with two attached hydrogens (primary N) is 1. The second-order valence-electron chi connectivity index (χ2n) is 7.24. The van der Waals surface area contributed by atoms with Crippen LogP contribution in [0.25, 0.3) is 0 Å². The molecule has 0 spiro atoms. The van der Waals surface area contributed by atoms with E-state index >= 15 is 0 Å². The highest BCUT2D eigenvalue weighted by atomic mass is 16.1. The number of benzene rings is 2. The molecule has 1 atom stereocenters. The van der Waals surface area contributed by atoms with Crippen LogP contribution in [0.15, 0.2) is 48.5 Å². The number of para-hydroxylation sites is 1. The summed E-state index contributed by atoms with van der Waals surface area (Å²) in [5.74, 6) is 0.813. The second kappa shape index (κ2) is 9.17. The number of hydrogen-bond donors (Lipinski definition) is 2. The normalized spacial score (nSPS) is 12.0. The molecule has 3 N–H and O–H groups in total. The van der Waals surface area contributed by atoms with Crippen LogP contribution in [0.1, 0.15) is 56.3 Å². The number of nitrogens with one attached hydrogen (secondary N) is 1. The molecule has 2 rings (SSSR count). The first kappa shape index (κ1) is 19.7. The Morgan fingerprint density at radius 2 is 1.65 bits per heavy atom. The Balaban J connectivity index is 2.02. The first-order valence-corrected chi connectivity index (χ1v) is 9.14. The molecule has 1 amide bonds. The Morgan fingerprint density at radius 1 is 1.04 bits per heavy atom. The van der Waals surface area contributed by atoms with Crippen molar-refractivity contribution in [1.82, 2.24) is 0 Å². The fourth-order valence-corrected chi connectivity index (χ4v) is 3.02. The summed E-state index contributed by atoms with van der Waals surface area (Å²) in [5.41, 5.74) is 3.60. The van der Waals surface area contributed by atoms with Crippen LogP contribution in [0, 0.1) is 17.2 Å². The number of amides is 1. The lowest BCUT2D eigenvalue weighted by Gasteiger charge is -2.20. The fourth-order valence-electron chi connectivity index (χ4n) is 3.02. The lowest BCUT2D eigenvalue weighted by Crippen LogP contribution is -2.88. The Kier molecular flexibility index (Phi) is 6.94. The molecule has 0 saturated carbocycles. The van der Waals surface area contributed by atoms with E-state index in [1.54, 1.807) is 18.2 Å². The molecule has 4 heteroatoms. The van der Waals surface area contributed by atoms with Crippen LogP contribution in [-0.4, -0.2) is 12.5 Å². The van der Waals surface area contributed by atoms with Crippen molar-refractivity contribution < 1.29 is 10.1 Å². The van der Waals surface area contributed by atoms with Crippen LogP contribution in [0.2, 0.25) is 0 Å². The van der Waals surface area contributed by atoms with E-state index in [-0.39, 0.29) is 11.9 Å². The number of nitriles is 1. The number of hydrogen-bond acceptors (Lipinski definition) is 2. The molecule has 0 unspecified atom stereocenters. The summed E-state index contributed by atoms with van der Waals surface area (Å²) < 4.78 is 0. The van der Waals surface area contributed by atoms with Gasteiger partial charge in [-0.2, -0.15) is 5.26 Å². The Hall–Kier alpha value is -2.64. The summed E-state index contributed by atoms with van der Waals surface area (Å²) in [5, 5.41) is 14.0. The monoisotopic (exact) mass is 350 g/mol. The van der Waals surface area contributed by atoms with E-state index in [2.05, 4.69) is 68.7 Å². The van der Waals surface area contributed by atoms with Gasteiger partial charge in [-0.05, 0) is 23.6 Å². The van der Waals surface area contributed by atoms with Crippen LogP contribution in [0.3, 0.4) is 0 Å². The fraction of sp³-hybridized carbons (Fsp3) is 0.364. The molecule has 136 valence electrons. The maximum Gasteiger partial charge on any atom is 0.279 e. The van der Waals surface area contributed by atoms with Crippen molar-refractivity contribution in [3.63, 3.8) is 0 Å². The molecular weight excluding hydrogens is 322 g/mol. The van der Waals surface area contributed by atoms with Crippen molar-refractivity contribution in [1.29, 1.82) is 5.26 Å². The maximum absolute atomic E-state index is 12.3. The van der Waals surface area contributed by atoms with Crippen molar-refractivity contribution in [3.8, 4) is 6.07 Å². The molecule has 0 heterocycles. The highest BCUT2D eigenvalue weighted by Gasteiger charge is 2.21. The third kappa shape index (κ3) is 5.18. The number of rotatable bonds is 7. The van der Waals surface area contributed by atoms with Gasteiger partial charge in [-0.3, -0.25) is 4.79 Å². The zero-order chi connectivity index (χ0) is 19.1. The van der Waals surface area contributed by atoms with E-state index in [4.69, 9.17) is 5.26 Å². The first-order chi connectivity index (χ1) is 12.4. The summed E-state index contributed by atoms with van der Waals surface area (Å²) in [6, 6.07) is 18.0. The summed E-state index contributed by atoms with van der Waals surface area (Å²) >= 11 is 0. The van der Waals surface area contributed by atoms with Gasteiger partial charge in [0, 0.05) is 11.5 Å².